The van der Waals surface area contributed by atoms with E-state index < -0.39 is 0 Å². The molecule has 1 fully saturated rings. The van der Waals surface area contributed by atoms with Gasteiger partial charge in [0.05, 0.1) is 11.8 Å². The van der Waals surface area contributed by atoms with Gasteiger partial charge in [0.15, 0.2) is 0 Å². The number of carbonyl (C=O) groups excluding carboxylic acids is 1. The van der Waals surface area contributed by atoms with Crippen molar-refractivity contribution in [2.24, 2.45) is 0 Å². The summed E-state index contributed by atoms with van der Waals surface area (Å²) >= 11 is 0. The second kappa shape index (κ2) is 5.56. The normalized spacial score (nSPS) is 24.3. The highest BCUT2D eigenvalue weighted by Crippen LogP contribution is 2.16. The lowest BCUT2D eigenvalue weighted by molar-refractivity contribution is 0.0601. The Labute approximate surface area is 108 Å². The monoisotopic (exact) mass is 258 g/mol. The van der Waals surface area contributed by atoms with E-state index >= 15 is 0 Å². The van der Waals surface area contributed by atoms with Crippen molar-refractivity contribution in [3.05, 3.63) is 23.7 Å². The van der Waals surface area contributed by atoms with Crippen molar-refractivity contribution < 1.29 is 9.21 Å². The van der Waals surface area contributed by atoms with Crippen LogP contribution in [-0.4, -0.2) is 36.0 Å². The number of furan rings is 1. The minimum absolute atomic E-state index is 0. The number of nitrogens with zero attached hydrogens (tertiary/aromatic N) is 1. The van der Waals surface area contributed by atoms with E-state index in [4.69, 9.17) is 4.42 Å². The second-order valence-corrected chi connectivity index (χ2v) is 4.37. The molecular formula is C12H19ClN2O2. The Hall–Kier alpha value is -1.00. The smallest absolute Gasteiger partial charge is 0.257 e. The highest BCUT2D eigenvalue weighted by Gasteiger charge is 2.29. The van der Waals surface area contributed by atoms with Gasteiger partial charge >= 0.3 is 0 Å². The molecule has 1 saturated heterocycles. The van der Waals surface area contributed by atoms with Crippen LogP contribution in [0.1, 0.15) is 30.0 Å². The van der Waals surface area contributed by atoms with Crippen LogP contribution in [0.15, 0.2) is 16.7 Å². The van der Waals surface area contributed by atoms with Crippen molar-refractivity contribution in [3.8, 4) is 0 Å². The molecule has 0 bridgehead atoms. The van der Waals surface area contributed by atoms with Crippen LogP contribution in [0.5, 0.6) is 0 Å². The number of halogens is 1. The summed E-state index contributed by atoms with van der Waals surface area (Å²) in [6, 6.07) is 2.30. The highest BCUT2D eigenvalue weighted by molar-refractivity contribution is 5.95. The molecule has 1 aromatic rings. The molecule has 1 amide bonds. The van der Waals surface area contributed by atoms with E-state index in [1.54, 1.807) is 12.3 Å². The lowest BCUT2D eigenvalue weighted by Crippen LogP contribution is -2.57. The van der Waals surface area contributed by atoms with Crippen LogP contribution in [0.4, 0.5) is 0 Å². The van der Waals surface area contributed by atoms with Gasteiger partial charge in [0.2, 0.25) is 0 Å². The van der Waals surface area contributed by atoms with Gasteiger partial charge in [0.25, 0.3) is 5.91 Å². The number of hydrogen-bond acceptors (Lipinski definition) is 3. The summed E-state index contributed by atoms with van der Waals surface area (Å²) in [6.45, 7) is 7.61. The van der Waals surface area contributed by atoms with Crippen LogP contribution in [-0.2, 0) is 0 Å². The number of rotatable bonds is 1. The number of piperazine rings is 1. The molecule has 1 aliphatic rings. The first kappa shape index (κ1) is 14.1. The van der Waals surface area contributed by atoms with Crippen LogP contribution < -0.4 is 5.32 Å². The van der Waals surface area contributed by atoms with Crippen LogP contribution >= 0.6 is 12.4 Å². The van der Waals surface area contributed by atoms with Crippen LogP contribution in [0, 0.1) is 6.92 Å². The number of nitrogens with one attached hydrogen (secondary N) is 1. The summed E-state index contributed by atoms with van der Waals surface area (Å²) in [5, 5.41) is 3.36. The molecule has 2 heterocycles. The van der Waals surface area contributed by atoms with Gasteiger partial charge in [-0.1, -0.05) is 0 Å². The van der Waals surface area contributed by atoms with Gasteiger partial charge in [-0.25, -0.2) is 0 Å². The summed E-state index contributed by atoms with van der Waals surface area (Å²) in [5.74, 6) is 0.774. The van der Waals surface area contributed by atoms with E-state index in [9.17, 15) is 4.79 Å². The van der Waals surface area contributed by atoms with Crippen molar-refractivity contribution in [3.63, 3.8) is 0 Å². The van der Waals surface area contributed by atoms with Crippen molar-refractivity contribution in [1.29, 1.82) is 0 Å². The van der Waals surface area contributed by atoms with Crippen LogP contribution in [0.25, 0.3) is 0 Å². The predicted octanol–water partition coefficient (Wildman–Crippen LogP) is 1.83. The SMILES string of the molecule is Cc1occc1C(=O)N1CCNC(C)C1C.Cl. The Morgan fingerprint density at radius 3 is 2.82 bits per heavy atom. The zero-order valence-electron chi connectivity index (χ0n) is 10.4. The predicted molar refractivity (Wildman–Crippen MR) is 68.7 cm³/mol. The lowest BCUT2D eigenvalue weighted by atomic mass is 10.1. The second-order valence-electron chi connectivity index (χ2n) is 4.37. The maximum Gasteiger partial charge on any atom is 0.257 e. The van der Waals surface area contributed by atoms with Crippen LogP contribution in [0.3, 0.4) is 0 Å². The minimum Gasteiger partial charge on any atom is -0.469 e. The molecule has 1 N–H and O–H groups in total. The first-order valence-corrected chi connectivity index (χ1v) is 5.69. The third-order valence-electron chi connectivity index (χ3n) is 3.38. The van der Waals surface area contributed by atoms with Gasteiger partial charge < -0.3 is 14.6 Å². The third-order valence-corrected chi connectivity index (χ3v) is 3.38. The molecule has 5 heteroatoms. The van der Waals surface area contributed by atoms with E-state index in [0.717, 1.165) is 13.1 Å². The van der Waals surface area contributed by atoms with E-state index in [0.29, 0.717) is 17.4 Å². The summed E-state index contributed by atoms with van der Waals surface area (Å²) in [7, 11) is 0. The zero-order chi connectivity index (χ0) is 11.7. The Balaban J connectivity index is 0.00000144. The Morgan fingerprint density at radius 1 is 1.53 bits per heavy atom. The van der Waals surface area contributed by atoms with Crippen molar-refractivity contribution in [2.45, 2.75) is 32.9 Å². The van der Waals surface area contributed by atoms with Gasteiger partial charge in [0.1, 0.15) is 5.76 Å². The van der Waals surface area contributed by atoms with Gasteiger partial charge in [-0.15, -0.1) is 12.4 Å². The summed E-state index contributed by atoms with van der Waals surface area (Å²) < 4.78 is 5.18. The maximum atomic E-state index is 12.3. The van der Waals surface area contributed by atoms with Crippen molar-refractivity contribution >= 4 is 18.3 Å². The summed E-state index contributed by atoms with van der Waals surface area (Å²) in [6.07, 6.45) is 1.57. The molecule has 2 atom stereocenters. The molecule has 17 heavy (non-hydrogen) atoms. The fraction of sp³-hybridized carbons (Fsp3) is 0.583. The van der Waals surface area contributed by atoms with E-state index in [2.05, 4.69) is 19.2 Å². The standard InChI is InChI=1S/C12H18N2O2.ClH/c1-8-9(2)14(6-5-13-8)12(15)11-4-7-16-10(11)3;/h4,7-9,13H,5-6H2,1-3H3;1H. The average molecular weight is 259 g/mol. The zero-order valence-corrected chi connectivity index (χ0v) is 11.2. The molecule has 1 aromatic heterocycles. The molecule has 96 valence electrons. The van der Waals surface area contributed by atoms with Gasteiger partial charge in [0, 0.05) is 25.2 Å². The number of aryl methyl sites for hydroxylation is 1. The van der Waals surface area contributed by atoms with Gasteiger partial charge in [-0.3, -0.25) is 4.79 Å². The molecule has 0 aliphatic carbocycles. The number of carbonyl (C=O) groups is 1. The van der Waals surface area contributed by atoms with E-state index in [1.807, 2.05) is 11.8 Å². The minimum atomic E-state index is 0. The molecule has 0 radical (unpaired) electrons. The number of hydrogen-bond donors (Lipinski definition) is 1. The quantitative estimate of drug-likeness (QED) is 0.836. The fourth-order valence-corrected chi connectivity index (χ4v) is 2.10. The van der Waals surface area contributed by atoms with Crippen molar-refractivity contribution in [1.82, 2.24) is 10.2 Å². The summed E-state index contributed by atoms with van der Waals surface area (Å²) in [4.78, 5) is 14.2. The molecular weight excluding hydrogens is 240 g/mol. The Kier molecular flexibility index (Phi) is 4.60. The van der Waals surface area contributed by atoms with Gasteiger partial charge in [-0.2, -0.15) is 0 Å². The first-order chi connectivity index (χ1) is 7.61. The molecule has 0 spiro atoms. The average Bonchev–Trinajstić information content (AvgIpc) is 2.68. The highest BCUT2D eigenvalue weighted by atomic mass is 35.5. The molecule has 1 aliphatic heterocycles. The summed E-state index contributed by atoms with van der Waals surface area (Å²) in [5.41, 5.74) is 0.681. The fourth-order valence-electron chi connectivity index (χ4n) is 2.10. The van der Waals surface area contributed by atoms with E-state index in [-0.39, 0.29) is 24.4 Å². The van der Waals surface area contributed by atoms with Crippen LogP contribution in [0.2, 0.25) is 0 Å². The molecule has 0 aromatic carbocycles. The topological polar surface area (TPSA) is 45.5 Å². The van der Waals surface area contributed by atoms with Crippen molar-refractivity contribution in [2.75, 3.05) is 13.1 Å². The molecule has 4 nitrogen and oxygen atoms in total. The largest absolute Gasteiger partial charge is 0.469 e. The lowest BCUT2D eigenvalue weighted by Gasteiger charge is -2.38. The first-order valence-electron chi connectivity index (χ1n) is 5.69. The maximum absolute atomic E-state index is 12.3. The molecule has 2 unspecified atom stereocenters. The third kappa shape index (κ3) is 2.64. The Morgan fingerprint density at radius 2 is 2.24 bits per heavy atom. The Bertz CT molecular complexity index is 392. The molecule has 0 saturated carbocycles. The molecule has 2 rings (SSSR count). The van der Waals surface area contributed by atoms with Gasteiger partial charge in [-0.05, 0) is 26.8 Å². The number of amides is 1. The van der Waals surface area contributed by atoms with E-state index in [1.165, 1.54) is 0 Å².